The van der Waals surface area contributed by atoms with Gasteiger partial charge in [0.25, 0.3) is 0 Å². The highest BCUT2D eigenvalue weighted by Gasteiger charge is 2.30. The number of carbonyl (C=O) groups excluding carboxylic acids is 3. The fourth-order valence-corrected chi connectivity index (χ4v) is 5.82. The summed E-state index contributed by atoms with van der Waals surface area (Å²) in [5.74, 6) is 1.27. The van der Waals surface area contributed by atoms with Crippen LogP contribution in [-0.4, -0.2) is 62.7 Å². The molecule has 11 heteroatoms. The number of benzene rings is 2. The minimum absolute atomic E-state index is 0.219. The van der Waals surface area contributed by atoms with Crippen molar-refractivity contribution in [2.75, 3.05) is 18.8 Å². The maximum absolute atomic E-state index is 13.3. The Morgan fingerprint density at radius 1 is 1.13 bits per heavy atom. The molecule has 2 atom stereocenters. The van der Waals surface area contributed by atoms with E-state index in [0.717, 1.165) is 35.4 Å². The minimum Gasteiger partial charge on any atom is -0.457 e. The Hall–Kier alpha value is -3.83. The molecule has 1 saturated heterocycles. The molecule has 0 spiro atoms. The number of nitrogens with zero attached hydrogens (tertiary/aromatic N) is 3. The van der Waals surface area contributed by atoms with Gasteiger partial charge in [-0.15, -0.1) is 0 Å². The summed E-state index contributed by atoms with van der Waals surface area (Å²) < 4.78 is 9.90. The highest BCUT2D eigenvalue weighted by Crippen LogP contribution is 2.28. The first-order valence-electron chi connectivity index (χ1n) is 13.0. The first-order chi connectivity index (χ1) is 18.9. The Bertz CT molecular complexity index is 1340. The van der Waals surface area contributed by atoms with Crippen molar-refractivity contribution in [1.29, 1.82) is 0 Å². The van der Waals surface area contributed by atoms with E-state index in [4.69, 9.17) is 4.74 Å². The van der Waals surface area contributed by atoms with E-state index in [1.54, 1.807) is 29.9 Å². The molecule has 2 aliphatic rings. The van der Waals surface area contributed by atoms with Gasteiger partial charge in [0.05, 0.1) is 12.7 Å². The Kier molecular flexibility index (Phi) is 8.48. The van der Waals surface area contributed by atoms with Gasteiger partial charge >= 0.3 is 0 Å². The largest absolute Gasteiger partial charge is 0.457 e. The quantitative estimate of drug-likeness (QED) is 0.427. The lowest BCUT2D eigenvalue weighted by Crippen LogP contribution is -2.52. The molecule has 39 heavy (non-hydrogen) atoms. The number of rotatable bonds is 4. The number of fused-ring (bicyclic) bond motifs is 4. The zero-order valence-electron chi connectivity index (χ0n) is 21.8. The van der Waals surface area contributed by atoms with Gasteiger partial charge in [0.1, 0.15) is 23.6 Å². The molecule has 2 unspecified atom stereocenters. The second-order valence-electron chi connectivity index (χ2n) is 9.73. The first-order valence-corrected chi connectivity index (χ1v) is 13.9. The Morgan fingerprint density at radius 2 is 1.87 bits per heavy atom. The highest BCUT2D eigenvalue weighted by molar-refractivity contribution is 7.97. The van der Waals surface area contributed by atoms with Crippen LogP contribution in [0.4, 0.5) is 0 Å². The second kappa shape index (κ2) is 12.4. The van der Waals surface area contributed by atoms with Gasteiger partial charge in [-0.3, -0.25) is 19.1 Å². The van der Waals surface area contributed by atoms with Crippen molar-refractivity contribution in [2.24, 2.45) is 7.05 Å². The number of amides is 3. The summed E-state index contributed by atoms with van der Waals surface area (Å²) in [6.07, 6.45) is 5.24. The summed E-state index contributed by atoms with van der Waals surface area (Å²) >= 11 is 1.65. The molecule has 3 N–H and O–H groups in total. The third-order valence-electron chi connectivity index (χ3n) is 6.63. The van der Waals surface area contributed by atoms with Crippen molar-refractivity contribution in [3.63, 3.8) is 0 Å². The fourth-order valence-electron chi connectivity index (χ4n) is 4.72. The molecule has 1 fully saturated rings. The standard InChI is InChI=1S/C28H32N6O4S/c1-33-18-21(16-31-33)15-29-27(36)24-13-19-5-2-7-22(11-19)38-23-8-3-6-20(12-23)14-25(34-9-4-10-39-34)28(37)30-17-26(35)32-24/h2-3,5-8,11-12,16,18,24-25H,4,9-10,13-15,17H2,1H3,(H,29,36)(H,30,37)(H,32,35). The number of carbonyl (C=O) groups is 3. The number of nitrogens with one attached hydrogen (secondary N) is 3. The van der Waals surface area contributed by atoms with Crippen molar-refractivity contribution in [3.05, 3.63) is 77.6 Å². The Morgan fingerprint density at radius 3 is 2.54 bits per heavy atom. The van der Waals surface area contributed by atoms with Crippen LogP contribution < -0.4 is 20.7 Å². The monoisotopic (exact) mass is 548 g/mol. The average Bonchev–Trinajstić information content (AvgIpc) is 3.61. The van der Waals surface area contributed by atoms with Gasteiger partial charge in [-0.2, -0.15) is 5.10 Å². The normalized spacial score (nSPS) is 20.5. The number of hydrogen-bond acceptors (Lipinski definition) is 7. The number of aromatic nitrogens is 2. The molecular weight excluding hydrogens is 516 g/mol. The van der Waals surface area contributed by atoms with Gasteiger partial charge in [-0.1, -0.05) is 36.2 Å². The first kappa shape index (κ1) is 26.8. The van der Waals surface area contributed by atoms with Gasteiger partial charge in [0.2, 0.25) is 17.7 Å². The van der Waals surface area contributed by atoms with Crippen LogP contribution in [0.2, 0.25) is 0 Å². The molecular formula is C28H32N6O4S. The van der Waals surface area contributed by atoms with Gasteiger partial charge in [-0.25, -0.2) is 4.31 Å². The molecule has 0 saturated carbocycles. The maximum atomic E-state index is 13.3. The summed E-state index contributed by atoms with van der Waals surface area (Å²) in [7, 11) is 1.81. The lowest BCUT2D eigenvalue weighted by Gasteiger charge is -2.26. The summed E-state index contributed by atoms with van der Waals surface area (Å²) in [5.41, 5.74) is 2.65. The molecule has 3 amide bonds. The van der Waals surface area contributed by atoms with Crippen LogP contribution >= 0.6 is 11.9 Å². The van der Waals surface area contributed by atoms with E-state index < -0.39 is 18.0 Å². The van der Waals surface area contributed by atoms with E-state index >= 15 is 0 Å². The van der Waals surface area contributed by atoms with Crippen molar-refractivity contribution in [1.82, 2.24) is 30.0 Å². The molecule has 3 heterocycles. The lowest BCUT2D eigenvalue weighted by molar-refractivity contribution is -0.130. The van der Waals surface area contributed by atoms with E-state index in [9.17, 15) is 14.4 Å². The molecule has 2 aliphatic heterocycles. The van der Waals surface area contributed by atoms with Crippen LogP contribution in [0.15, 0.2) is 60.9 Å². The van der Waals surface area contributed by atoms with E-state index in [2.05, 4.69) is 25.4 Å². The third-order valence-corrected chi connectivity index (χ3v) is 7.87. The summed E-state index contributed by atoms with van der Waals surface area (Å²) in [6.45, 7) is 0.866. The molecule has 3 aromatic rings. The van der Waals surface area contributed by atoms with Crippen molar-refractivity contribution in [2.45, 2.75) is 37.9 Å². The number of aryl methyl sites for hydroxylation is 1. The summed E-state index contributed by atoms with van der Waals surface area (Å²) in [5, 5.41) is 12.6. The van der Waals surface area contributed by atoms with Crippen LogP contribution in [0.1, 0.15) is 23.1 Å². The van der Waals surface area contributed by atoms with Gasteiger partial charge in [0, 0.05) is 44.1 Å². The highest BCUT2D eigenvalue weighted by atomic mass is 32.2. The topological polar surface area (TPSA) is 118 Å². The van der Waals surface area contributed by atoms with Crippen LogP contribution in [0, 0.1) is 0 Å². The SMILES string of the molecule is Cn1cc(CNC(=O)C2Cc3cccc(c3)Oc3cccc(c3)CC(N3CCCS3)C(=O)NCC(=O)N2)cn1. The van der Waals surface area contributed by atoms with Gasteiger partial charge in [-0.05, 0) is 48.2 Å². The zero-order valence-corrected chi connectivity index (χ0v) is 22.6. The number of ether oxygens (including phenoxy) is 1. The molecule has 0 radical (unpaired) electrons. The Labute approximate surface area is 231 Å². The molecule has 0 aliphatic carbocycles. The van der Waals surface area contributed by atoms with E-state index in [1.165, 1.54) is 0 Å². The molecule has 204 valence electrons. The smallest absolute Gasteiger partial charge is 0.243 e. The van der Waals surface area contributed by atoms with Gasteiger partial charge in [0.15, 0.2) is 0 Å². The van der Waals surface area contributed by atoms with E-state index in [1.807, 2.05) is 54.7 Å². The average molecular weight is 549 g/mol. The Balaban J connectivity index is 1.40. The fraction of sp³-hybridized carbons (Fsp3) is 0.357. The number of hydrogen-bond donors (Lipinski definition) is 3. The minimum atomic E-state index is -0.845. The summed E-state index contributed by atoms with van der Waals surface area (Å²) in [6, 6.07) is 13.9. The molecule has 10 nitrogen and oxygen atoms in total. The predicted octanol–water partition coefficient (Wildman–Crippen LogP) is 1.95. The molecule has 5 rings (SSSR count). The van der Waals surface area contributed by atoms with Crippen LogP contribution in [0.25, 0.3) is 0 Å². The molecule has 4 bridgehead atoms. The molecule has 1 aromatic heterocycles. The second-order valence-corrected chi connectivity index (χ2v) is 10.9. The third kappa shape index (κ3) is 7.18. The van der Waals surface area contributed by atoms with Gasteiger partial charge < -0.3 is 20.7 Å². The predicted molar refractivity (Wildman–Crippen MR) is 148 cm³/mol. The lowest BCUT2D eigenvalue weighted by atomic mass is 10.0. The summed E-state index contributed by atoms with van der Waals surface area (Å²) in [4.78, 5) is 39.4. The van der Waals surface area contributed by atoms with Crippen LogP contribution in [0.3, 0.4) is 0 Å². The zero-order chi connectivity index (χ0) is 27.2. The van der Waals surface area contributed by atoms with Crippen molar-refractivity contribution < 1.29 is 19.1 Å². The van der Waals surface area contributed by atoms with Crippen molar-refractivity contribution in [3.8, 4) is 11.5 Å². The van der Waals surface area contributed by atoms with Crippen LogP contribution in [-0.2, 0) is 40.8 Å². The maximum Gasteiger partial charge on any atom is 0.243 e. The molecule has 2 aromatic carbocycles. The van der Waals surface area contributed by atoms with Crippen molar-refractivity contribution >= 4 is 29.7 Å². The van der Waals surface area contributed by atoms with E-state index in [-0.39, 0.29) is 31.3 Å². The van der Waals surface area contributed by atoms with Crippen LogP contribution in [0.5, 0.6) is 11.5 Å². The van der Waals surface area contributed by atoms with E-state index in [0.29, 0.717) is 17.9 Å².